The van der Waals surface area contributed by atoms with Gasteiger partial charge in [-0.3, -0.25) is 4.90 Å². The molecule has 6 rings (SSSR count). The van der Waals surface area contributed by atoms with Crippen molar-refractivity contribution in [2.45, 2.75) is 26.2 Å². The Morgan fingerprint density at radius 1 is 0.738 bits per heavy atom. The van der Waals surface area contributed by atoms with E-state index in [1.54, 1.807) is 12.1 Å². The van der Waals surface area contributed by atoms with Gasteiger partial charge in [-0.2, -0.15) is 0 Å². The summed E-state index contributed by atoms with van der Waals surface area (Å²) < 4.78 is 23.0. The first-order valence-electron chi connectivity index (χ1n) is 14.6. The minimum absolute atomic E-state index is 0.235. The van der Waals surface area contributed by atoms with Crippen molar-refractivity contribution in [2.75, 3.05) is 33.0 Å². The molecule has 0 saturated carbocycles. The van der Waals surface area contributed by atoms with E-state index in [1.807, 2.05) is 66.7 Å². The summed E-state index contributed by atoms with van der Waals surface area (Å²) in [6, 6.07) is 31.1. The van der Waals surface area contributed by atoms with E-state index in [4.69, 9.17) is 18.9 Å². The molecule has 0 aliphatic carbocycles. The molecule has 1 fully saturated rings. The molecule has 4 aromatic rings. The largest absolute Gasteiger partial charge is 0.492 e. The highest BCUT2D eigenvalue weighted by Crippen LogP contribution is 2.40. The van der Waals surface area contributed by atoms with Crippen LogP contribution in [0.3, 0.4) is 0 Å². The SMILES string of the molecule is CC/C(=C(/c1ccc(OCCN2CCCC2)cc1)c1ccc(OC(=O)c2ccccc2)cc1)c1ccc2c(c1)OCO2. The molecule has 2 heterocycles. The van der Waals surface area contributed by atoms with Crippen molar-refractivity contribution in [2.24, 2.45) is 0 Å². The second kappa shape index (κ2) is 13.0. The van der Waals surface area contributed by atoms with Gasteiger partial charge in [0.25, 0.3) is 0 Å². The fourth-order valence-electron chi connectivity index (χ4n) is 5.57. The maximum atomic E-state index is 12.6. The minimum Gasteiger partial charge on any atom is -0.492 e. The average Bonchev–Trinajstić information content (AvgIpc) is 3.73. The molecule has 0 spiro atoms. The van der Waals surface area contributed by atoms with Crippen molar-refractivity contribution in [3.05, 3.63) is 119 Å². The Hall–Kier alpha value is -4.55. The number of likely N-dealkylation sites (tertiary alicyclic amines) is 1. The van der Waals surface area contributed by atoms with Gasteiger partial charge < -0.3 is 18.9 Å². The van der Waals surface area contributed by atoms with Crippen molar-refractivity contribution in [3.8, 4) is 23.0 Å². The Morgan fingerprint density at radius 2 is 1.38 bits per heavy atom. The first-order valence-corrected chi connectivity index (χ1v) is 14.6. The summed E-state index contributed by atoms with van der Waals surface area (Å²) in [6.07, 6.45) is 3.36. The maximum Gasteiger partial charge on any atom is 0.343 e. The summed E-state index contributed by atoms with van der Waals surface area (Å²) >= 11 is 0. The number of allylic oxidation sites excluding steroid dienone is 1. The normalized spacial score (nSPS) is 14.9. The number of esters is 1. The van der Waals surface area contributed by atoms with Crippen LogP contribution >= 0.6 is 0 Å². The first kappa shape index (κ1) is 27.6. The third kappa shape index (κ3) is 6.34. The number of nitrogens with zero attached hydrogens (tertiary/aromatic N) is 1. The van der Waals surface area contributed by atoms with Gasteiger partial charge in [0.05, 0.1) is 5.56 Å². The number of ether oxygens (including phenoxy) is 4. The summed E-state index contributed by atoms with van der Waals surface area (Å²) in [6.45, 7) is 6.37. The molecule has 6 nitrogen and oxygen atoms in total. The lowest BCUT2D eigenvalue weighted by atomic mass is 9.88. The van der Waals surface area contributed by atoms with Crippen LogP contribution in [0.1, 0.15) is 53.2 Å². The third-order valence-corrected chi connectivity index (χ3v) is 7.76. The van der Waals surface area contributed by atoms with Gasteiger partial charge >= 0.3 is 5.97 Å². The molecule has 6 heteroatoms. The van der Waals surface area contributed by atoms with E-state index in [2.05, 4.69) is 30.0 Å². The summed E-state index contributed by atoms with van der Waals surface area (Å²) in [5, 5.41) is 0. The molecule has 42 heavy (non-hydrogen) atoms. The molecular formula is C36H35NO5. The van der Waals surface area contributed by atoms with Gasteiger partial charge in [-0.05, 0) is 109 Å². The van der Waals surface area contributed by atoms with Crippen molar-refractivity contribution in [1.29, 1.82) is 0 Å². The van der Waals surface area contributed by atoms with Crippen LogP contribution in [-0.2, 0) is 0 Å². The Bertz CT molecular complexity index is 1540. The Balaban J connectivity index is 1.29. The van der Waals surface area contributed by atoms with Gasteiger partial charge in [-0.15, -0.1) is 0 Å². The van der Waals surface area contributed by atoms with Crippen LogP contribution in [0.5, 0.6) is 23.0 Å². The van der Waals surface area contributed by atoms with Crippen molar-refractivity contribution in [1.82, 2.24) is 4.90 Å². The van der Waals surface area contributed by atoms with Crippen LogP contribution in [0.4, 0.5) is 0 Å². The zero-order chi connectivity index (χ0) is 28.7. The number of carbonyl (C=O) groups excluding carboxylic acids is 1. The molecular weight excluding hydrogens is 526 g/mol. The van der Waals surface area contributed by atoms with Gasteiger partial charge in [-0.1, -0.05) is 55.5 Å². The van der Waals surface area contributed by atoms with Gasteiger partial charge in [0.15, 0.2) is 11.5 Å². The van der Waals surface area contributed by atoms with E-state index in [-0.39, 0.29) is 12.8 Å². The van der Waals surface area contributed by atoms with E-state index in [0.29, 0.717) is 17.9 Å². The monoisotopic (exact) mass is 561 g/mol. The van der Waals surface area contributed by atoms with Gasteiger partial charge in [0.1, 0.15) is 18.1 Å². The van der Waals surface area contributed by atoms with E-state index in [1.165, 1.54) is 31.5 Å². The average molecular weight is 562 g/mol. The zero-order valence-corrected chi connectivity index (χ0v) is 23.9. The summed E-state index contributed by atoms with van der Waals surface area (Å²) in [5.41, 5.74) is 5.95. The predicted octanol–water partition coefficient (Wildman–Crippen LogP) is 7.48. The molecule has 0 unspecified atom stereocenters. The van der Waals surface area contributed by atoms with Crippen LogP contribution in [0.25, 0.3) is 11.1 Å². The van der Waals surface area contributed by atoms with E-state index >= 15 is 0 Å². The summed E-state index contributed by atoms with van der Waals surface area (Å²) in [7, 11) is 0. The number of benzene rings is 4. The third-order valence-electron chi connectivity index (χ3n) is 7.76. The maximum absolute atomic E-state index is 12.6. The molecule has 2 aliphatic heterocycles. The molecule has 1 saturated heterocycles. The minimum atomic E-state index is -0.381. The number of rotatable bonds is 10. The molecule has 0 atom stereocenters. The Morgan fingerprint density at radius 3 is 2.07 bits per heavy atom. The number of hydrogen-bond acceptors (Lipinski definition) is 6. The second-order valence-electron chi connectivity index (χ2n) is 10.5. The smallest absolute Gasteiger partial charge is 0.343 e. The van der Waals surface area contributed by atoms with Crippen LogP contribution in [-0.4, -0.2) is 43.9 Å². The molecule has 0 amide bonds. The number of carbonyl (C=O) groups is 1. The van der Waals surface area contributed by atoms with Crippen LogP contribution in [0.15, 0.2) is 97.1 Å². The fourth-order valence-corrected chi connectivity index (χ4v) is 5.57. The standard InChI is InChI=1S/C36H35NO5/c1-2-32(29-14-19-33-34(24-29)41-25-40-33)35(26-10-15-30(16-11-26)39-23-22-37-20-6-7-21-37)27-12-17-31(18-13-27)42-36(38)28-8-4-3-5-9-28/h3-5,8-19,24H,2,6-7,20-23,25H2,1H3/b35-32+. The topological polar surface area (TPSA) is 57.2 Å². The predicted molar refractivity (Wildman–Crippen MR) is 164 cm³/mol. The molecule has 2 aliphatic rings. The van der Waals surface area contributed by atoms with Crippen LogP contribution < -0.4 is 18.9 Å². The molecule has 0 bridgehead atoms. The molecule has 0 radical (unpaired) electrons. The quantitative estimate of drug-likeness (QED) is 0.114. The van der Waals surface area contributed by atoms with Gasteiger partial charge in [0, 0.05) is 6.54 Å². The van der Waals surface area contributed by atoms with E-state index in [9.17, 15) is 4.79 Å². The van der Waals surface area contributed by atoms with Crippen LogP contribution in [0.2, 0.25) is 0 Å². The van der Waals surface area contributed by atoms with Crippen LogP contribution in [0, 0.1) is 0 Å². The summed E-state index contributed by atoms with van der Waals surface area (Å²) in [5.74, 6) is 2.49. The molecule has 4 aromatic carbocycles. The number of hydrogen-bond donors (Lipinski definition) is 0. The zero-order valence-electron chi connectivity index (χ0n) is 23.9. The highest BCUT2D eigenvalue weighted by molar-refractivity contribution is 5.99. The Labute approximate surface area is 247 Å². The lowest BCUT2D eigenvalue weighted by Crippen LogP contribution is -2.25. The highest BCUT2D eigenvalue weighted by Gasteiger charge is 2.19. The first-order chi connectivity index (χ1) is 20.7. The molecule has 0 N–H and O–H groups in total. The van der Waals surface area contributed by atoms with E-state index in [0.717, 1.165) is 52.5 Å². The molecule has 0 aromatic heterocycles. The second-order valence-corrected chi connectivity index (χ2v) is 10.5. The Kier molecular flexibility index (Phi) is 8.52. The number of fused-ring (bicyclic) bond motifs is 1. The van der Waals surface area contributed by atoms with Gasteiger partial charge in [-0.25, -0.2) is 4.79 Å². The molecule has 214 valence electrons. The van der Waals surface area contributed by atoms with Crippen molar-refractivity contribution in [3.63, 3.8) is 0 Å². The lowest BCUT2D eigenvalue weighted by Gasteiger charge is -2.18. The van der Waals surface area contributed by atoms with Crippen molar-refractivity contribution < 1.29 is 23.7 Å². The van der Waals surface area contributed by atoms with Crippen molar-refractivity contribution >= 4 is 17.1 Å². The fraction of sp³-hybridized carbons (Fsp3) is 0.250. The van der Waals surface area contributed by atoms with Gasteiger partial charge in [0.2, 0.25) is 6.79 Å². The highest BCUT2D eigenvalue weighted by atomic mass is 16.7. The van der Waals surface area contributed by atoms with E-state index < -0.39 is 0 Å². The lowest BCUT2D eigenvalue weighted by molar-refractivity contribution is 0.0734. The summed E-state index contributed by atoms with van der Waals surface area (Å²) in [4.78, 5) is 15.1.